The van der Waals surface area contributed by atoms with Gasteiger partial charge in [0, 0.05) is 34.2 Å². The van der Waals surface area contributed by atoms with Crippen LogP contribution in [0.3, 0.4) is 0 Å². The second-order valence-corrected chi connectivity index (χ2v) is 8.08. The molecule has 4 aromatic rings. The molecule has 1 heterocycles. The minimum atomic E-state index is -0.387. The SMILES string of the molecule is Cc1cccc(-n2c(SCc3cccc([N+](=O)[O-])c3)nnc2-c2ccc(Cl)cc2)c1. The normalized spacial score (nSPS) is 10.9. The van der Waals surface area contributed by atoms with E-state index in [0.29, 0.717) is 21.8 Å². The predicted octanol–water partition coefficient (Wildman–Crippen LogP) is 6.10. The Morgan fingerprint density at radius 3 is 2.53 bits per heavy atom. The van der Waals surface area contributed by atoms with Gasteiger partial charge in [0.2, 0.25) is 0 Å². The highest BCUT2D eigenvalue weighted by atomic mass is 35.5. The van der Waals surface area contributed by atoms with Crippen LogP contribution in [0.1, 0.15) is 11.1 Å². The Bertz CT molecular complexity index is 1210. The molecule has 150 valence electrons. The summed E-state index contributed by atoms with van der Waals surface area (Å²) in [5.41, 5.74) is 3.90. The van der Waals surface area contributed by atoms with Gasteiger partial charge < -0.3 is 0 Å². The number of aromatic nitrogens is 3. The summed E-state index contributed by atoms with van der Waals surface area (Å²) >= 11 is 7.52. The van der Waals surface area contributed by atoms with Gasteiger partial charge in [0.25, 0.3) is 5.69 Å². The average molecular weight is 437 g/mol. The van der Waals surface area contributed by atoms with Crippen LogP contribution in [0.4, 0.5) is 5.69 Å². The van der Waals surface area contributed by atoms with E-state index in [1.807, 2.05) is 60.0 Å². The Morgan fingerprint density at radius 2 is 1.80 bits per heavy atom. The Morgan fingerprint density at radius 1 is 1.03 bits per heavy atom. The van der Waals surface area contributed by atoms with Gasteiger partial charge in [-0.25, -0.2) is 0 Å². The van der Waals surface area contributed by atoms with Crippen molar-refractivity contribution in [1.29, 1.82) is 0 Å². The van der Waals surface area contributed by atoms with E-state index in [1.54, 1.807) is 12.1 Å². The van der Waals surface area contributed by atoms with E-state index in [2.05, 4.69) is 16.3 Å². The third-order valence-corrected chi connectivity index (χ3v) is 5.74. The number of nitro benzene ring substituents is 1. The van der Waals surface area contributed by atoms with Gasteiger partial charge in [-0.3, -0.25) is 14.7 Å². The van der Waals surface area contributed by atoms with E-state index in [4.69, 9.17) is 11.6 Å². The van der Waals surface area contributed by atoms with Gasteiger partial charge >= 0.3 is 0 Å². The summed E-state index contributed by atoms with van der Waals surface area (Å²) in [7, 11) is 0. The monoisotopic (exact) mass is 436 g/mol. The molecule has 0 aliphatic heterocycles. The van der Waals surface area contributed by atoms with Crippen molar-refractivity contribution in [3.8, 4) is 17.1 Å². The highest BCUT2D eigenvalue weighted by molar-refractivity contribution is 7.98. The van der Waals surface area contributed by atoms with Gasteiger partial charge in [-0.1, -0.05) is 47.6 Å². The number of hydrogen-bond donors (Lipinski definition) is 0. The first kappa shape index (κ1) is 20.1. The summed E-state index contributed by atoms with van der Waals surface area (Å²) in [6, 6.07) is 22.2. The molecule has 4 rings (SSSR count). The fourth-order valence-electron chi connectivity index (χ4n) is 3.06. The molecule has 0 saturated heterocycles. The lowest BCUT2D eigenvalue weighted by Crippen LogP contribution is -2.00. The smallest absolute Gasteiger partial charge is 0.269 e. The number of aryl methyl sites for hydroxylation is 1. The Hall–Kier alpha value is -3.16. The van der Waals surface area contributed by atoms with Crippen LogP contribution in [0.5, 0.6) is 0 Å². The number of non-ortho nitro benzene ring substituents is 1. The van der Waals surface area contributed by atoms with Crippen LogP contribution in [0.25, 0.3) is 17.1 Å². The van der Waals surface area contributed by atoms with Gasteiger partial charge in [-0.15, -0.1) is 10.2 Å². The molecule has 30 heavy (non-hydrogen) atoms. The maximum Gasteiger partial charge on any atom is 0.269 e. The van der Waals surface area contributed by atoms with Gasteiger partial charge in [-0.05, 0) is 54.4 Å². The lowest BCUT2D eigenvalue weighted by atomic mass is 10.2. The predicted molar refractivity (Wildman–Crippen MR) is 119 cm³/mol. The molecule has 0 aliphatic rings. The summed E-state index contributed by atoms with van der Waals surface area (Å²) < 4.78 is 2.00. The number of thioether (sulfide) groups is 1. The summed E-state index contributed by atoms with van der Waals surface area (Å²) in [6.45, 7) is 2.03. The van der Waals surface area contributed by atoms with Crippen LogP contribution >= 0.6 is 23.4 Å². The molecule has 0 spiro atoms. The summed E-state index contributed by atoms with van der Waals surface area (Å²) in [6.07, 6.45) is 0. The van der Waals surface area contributed by atoms with Crippen molar-refractivity contribution >= 4 is 29.1 Å². The fraction of sp³-hybridized carbons (Fsp3) is 0.0909. The molecular weight excluding hydrogens is 420 g/mol. The van der Waals surface area contributed by atoms with E-state index in [1.165, 1.54) is 17.8 Å². The number of hydrogen-bond acceptors (Lipinski definition) is 5. The Labute approximate surface area is 182 Å². The number of nitrogens with zero attached hydrogens (tertiary/aromatic N) is 4. The van der Waals surface area contributed by atoms with E-state index >= 15 is 0 Å². The molecule has 3 aromatic carbocycles. The third-order valence-electron chi connectivity index (χ3n) is 4.48. The largest absolute Gasteiger partial charge is 0.270 e. The molecule has 0 aliphatic carbocycles. The van der Waals surface area contributed by atoms with E-state index in [-0.39, 0.29) is 10.6 Å². The summed E-state index contributed by atoms with van der Waals surface area (Å²) in [4.78, 5) is 10.7. The molecule has 8 heteroatoms. The average Bonchev–Trinajstić information content (AvgIpc) is 3.17. The summed E-state index contributed by atoms with van der Waals surface area (Å²) in [5, 5.41) is 21.2. The number of rotatable bonds is 6. The molecule has 0 amide bonds. The maximum atomic E-state index is 11.0. The molecule has 1 aromatic heterocycles. The highest BCUT2D eigenvalue weighted by Gasteiger charge is 2.17. The molecule has 0 unspecified atom stereocenters. The van der Waals surface area contributed by atoms with Gasteiger partial charge in [0.05, 0.1) is 4.92 Å². The van der Waals surface area contributed by atoms with Crippen LogP contribution < -0.4 is 0 Å². The van der Waals surface area contributed by atoms with Crippen molar-refractivity contribution in [2.45, 2.75) is 17.8 Å². The van der Waals surface area contributed by atoms with Crippen molar-refractivity contribution < 1.29 is 4.92 Å². The first-order valence-corrected chi connectivity index (χ1v) is 10.5. The van der Waals surface area contributed by atoms with Gasteiger partial charge in [-0.2, -0.15) is 0 Å². The van der Waals surface area contributed by atoms with E-state index in [0.717, 1.165) is 22.4 Å². The minimum Gasteiger partial charge on any atom is -0.270 e. The highest BCUT2D eigenvalue weighted by Crippen LogP contribution is 2.31. The second kappa shape index (κ2) is 8.69. The van der Waals surface area contributed by atoms with Crippen molar-refractivity contribution in [2.75, 3.05) is 0 Å². The van der Waals surface area contributed by atoms with Gasteiger partial charge in [0.1, 0.15) is 0 Å². The molecular formula is C22H17ClN4O2S. The lowest BCUT2D eigenvalue weighted by molar-refractivity contribution is -0.384. The van der Waals surface area contributed by atoms with Crippen LogP contribution in [0.15, 0.2) is 78.0 Å². The minimum absolute atomic E-state index is 0.0788. The molecule has 0 saturated carbocycles. The van der Waals surface area contributed by atoms with Crippen molar-refractivity contribution in [1.82, 2.24) is 14.8 Å². The molecule has 0 fully saturated rings. The summed E-state index contributed by atoms with van der Waals surface area (Å²) in [5.74, 6) is 1.24. The molecule has 6 nitrogen and oxygen atoms in total. The number of halogens is 1. The first-order chi connectivity index (χ1) is 14.5. The zero-order chi connectivity index (χ0) is 21.1. The van der Waals surface area contributed by atoms with E-state index < -0.39 is 0 Å². The molecule has 0 bridgehead atoms. The standard InChI is InChI=1S/C22H17ClN4O2S/c1-15-4-2-6-19(12-15)26-21(17-8-10-18(23)11-9-17)24-25-22(26)30-14-16-5-3-7-20(13-16)27(28)29/h2-13H,14H2,1H3. The molecule has 0 atom stereocenters. The third kappa shape index (κ3) is 4.37. The van der Waals surface area contributed by atoms with Crippen LogP contribution in [-0.4, -0.2) is 19.7 Å². The van der Waals surface area contributed by atoms with Crippen molar-refractivity contribution in [3.05, 3.63) is 99.1 Å². The van der Waals surface area contributed by atoms with Crippen LogP contribution in [0, 0.1) is 17.0 Å². The molecule has 0 radical (unpaired) electrons. The second-order valence-electron chi connectivity index (χ2n) is 6.70. The van der Waals surface area contributed by atoms with Crippen molar-refractivity contribution in [3.63, 3.8) is 0 Å². The van der Waals surface area contributed by atoms with E-state index in [9.17, 15) is 10.1 Å². The number of nitro groups is 1. The maximum absolute atomic E-state index is 11.0. The van der Waals surface area contributed by atoms with Crippen LogP contribution in [0.2, 0.25) is 5.02 Å². The zero-order valence-electron chi connectivity index (χ0n) is 16.0. The lowest BCUT2D eigenvalue weighted by Gasteiger charge is -2.11. The number of benzene rings is 3. The first-order valence-electron chi connectivity index (χ1n) is 9.16. The van der Waals surface area contributed by atoms with Gasteiger partial charge in [0.15, 0.2) is 11.0 Å². The Balaban J connectivity index is 1.72. The van der Waals surface area contributed by atoms with Crippen LogP contribution in [-0.2, 0) is 5.75 Å². The molecule has 0 N–H and O–H groups in total. The quantitative estimate of drug-likeness (QED) is 0.207. The Kier molecular flexibility index (Phi) is 5.83. The topological polar surface area (TPSA) is 73.8 Å². The zero-order valence-corrected chi connectivity index (χ0v) is 17.6. The fourth-order valence-corrected chi connectivity index (χ4v) is 4.08. The van der Waals surface area contributed by atoms with Crippen molar-refractivity contribution in [2.24, 2.45) is 0 Å².